The average molecular weight is 175 g/mol. The molecule has 0 aromatic carbocycles. The molecule has 0 heterocycles. The molecule has 0 spiro atoms. The standard InChI is InChI=1S/C3H7BO2.CH4.2ClH/c5-4(6)3-1-2-3;;;/h3,5-6H,1-2H2;1H4;2*1H. The van der Waals surface area contributed by atoms with Crippen molar-refractivity contribution in [2.24, 2.45) is 0 Å². The van der Waals surface area contributed by atoms with Crippen LogP contribution in [0.15, 0.2) is 0 Å². The van der Waals surface area contributed by atoms with Gasteiger partial charge in [-0.15, -0.1) is 24.8 Å². The quantitative estimate of drug-likeness (QED) is 0.585. The topological polar surface area (TPSA) is 40.5 Å². The van der Waals surface area contributed by atoms with E-state index in [4.69, 9.17) is 10.0 Å². The minimum atomic E-state index is -1.04. The van der Waals surface area contributed by atoms with Crippen LogP contribution in [0.4, 0.5) is 0 Å². The molecule has 2 N–H and O–H groups in total. The molecular weight excluding hydrogens is 162 g/mol. The van der Waals surface area contributed by atoms with E-state index in [2.05, 4.69) is 0 Å². The van der Waals surface area contributed by atoms with E-state index in [0.717, 1.165) is 12.8 Å². The Morgan fingerprint density at radius 1 is 1.11 bits per heavy atom. The van der Waals surface area contributed by atoms with Crippen molar-refractivity contribution >= 4 is 31.9 Å². The lowest BCUT2D eigenvalue weighted by atomic mass is 9.84. The van der Waals surface area contributed by atoms with Crippen molar-refractivity contribution in [2.75, 3.05) is 0 Å². The molecule has 0 bridgehead atoms. The Balaban J connectivity index is -0.000000120. The van der Waals surface area contributed by atoms with Crippen LogP contribution in [-0.2, 0) is 0 Å². The summed E-state index contributed by atoms with van der Waals surface area (Å²) in [6.45, 7) is 0. The van der Waals surface area contributed by atoms with E-state index in [9.17, 15) is 0 Å². The van der Waals surface area contributed by atoms with Crippen LogP contribution < -0.4 is 0 Å². The van der Waals surface area contributed by atoms with Crippen molar-refractivity contribution in [2.45, 2.75) is 26.1 Å². The molecule has 0 saturated heterocycles. The molecule has 58 valence electrons. The van der Waals surface area contributed by atoms with Gasteiger partial charge in [0.05, 0.1) is 0 Å². The first-order valence-corrected chi connectivity index (χ1v) is 2.17. The smallest absolute Gasteiger partial charge is 0.427 e. The summed E-state index contributed by atoms with van der Waals surface area (Å²) in [4.78, 5) is 0. The highest BCUT2D eigenvalue weighted by Gasteiger charge is 2.33. The van der Waals surface area contributed by atoms with E-state index >= 15 is 0 Å². The van der Waals surface area contributed by atoms with Crippen LogP contribution in [0, 0.1) is 0 Å². The fourth-order valence-corrected chi connectivity index (χ4v) is 0.394. The van der Waals surface area contributed by atoms with Crippen LogP contribution in [0.2, 0.25) is 5.82 Å². The summed E-state index contributed by atoms with van der Waals surface area (Å²) in [5, 5.41) is 16.5. The predicted molar refractivity (Wildman–Crippen MR) is 44.4 cm³/mol. The maximum absolute atomic E-state index is 8.25. The van der Waals surface area contributed by atoms with Crippen LogP contribution in [0.1, 0.15) is 20.3 Å². The maximum atomic E-state index is 8.25. The summed E-state index contributed by atoms with van der Waals surface area (Å²) in [5.74, 6) is 0.213. The molecule has 1 rings (SSSR count). The van der Waals surface area contributed by atoms with Gasteiger partial charge < -0.3 is 10.0 Å². The second kappa shape index (κ2) is 6.68. The third kappa shape index (κ3) is 6.45. The van der Waals surface area contributed by atoms with Crippen molar-refractivity contribution < 1.29 is 10.0 Å². The van der Waals surface area contributed by atoms with Gasteiger partial charge >= 0.3 is 7.12 Å². The molecule has 9 heavy (non-hydrogen) atoms. The molecule has 0 aliphatic heterocycles. The summed E-state index contributed by atoms with van der Waals surface area (Å²) in [5.41, 5.74) is 0. The molecule has 0 amide bonds. The van der Waals surface area contributed by atoms with Gasteiger partial charge in [0.1, 0.15) is 0 Å². The first-order valence-electron chi connectivity index (χ1n) is 2.17. The van der Waals surface area contributed by atoms with Crippen LogP contribution >= 0.6 is 24.8 Å². The molecule has 5 heteroatoms. The lowest BCUT2D eigenvalue weighted by molar-refractivity contribution is 0.403. The fourth-order valence-electron chi connectivity index (χ4n) is 0.394. The van der Waals surface area contributed by atoms with Gasteiger partial charge in [-0.05, 0) is 5.82 Å². The monoisotopic (exact) mass is 174 g/mol. The normalized spacial score (nSPS) is 14.0. The predicted octanol–water partition coefficient (Wildman–Crippen LogP) is 1.10. The van der Waals surface area contributed by atoms with Gasteiger partial charge in [-0.25, -0.2) is 0 Å². The molecule has 0 atom stereocenters. The summed E-state index contributed by atoms with van der Waals surface area (Å²) < 4.78 is 0. The molecule has 0 aromatic rings. The third-order valence-corrected chi connectivity index (χ3v) is 1.04. The van der Waals surface area contributed by atoms with Gasteiger partial charge in [-0.1, -0.05) is 20.3 Å². The molecule has 1 saturated carbocycles. The summed E-state index contributed by atoms with van der Waals surface area (Å²) >= 11 is 0. The summed E-state index contributed by atoms with van der Waals surface area (Å²) in [6.07, 6.45) is 2.00. The Morgan fingerprint density at radius 2 is 1.44 bits per heavy atom. The second-order valence-electron chi connectivity index (χ2n) is 1.75. The minimum absolute atomic E-state index is 0. The van der Waals surface area contributed by atoms with Crippen LogP contribution in [0.3, 0.4) is 0 Å². The van der Waals surface area contributed by atoms with Crippen molar-refractivity contribution in [1.82, 2.24) is 0 Å². The molecule has 1 aliphatic rings. The van der Waals surface area contributed by atoms with Gasteiger partial charge in [0.15, 0.2) is 0 Å². The number of hydrogen-bond acceptors (Lipinski definition) is 2. The second-order valence-corrected chi connectivity index (χ2v) is 1.75. The van der Waals surface area contributed by atoms with E-state index in [1.165, 1.54) is 0 Å². The highest BCUT2D eigenvalue weighted by atomic mass is 35.5. The van der Waals surface area contributed by atoms with Gasteiger partial charge in [0.2, 0.25) is 0 Å². The Labute approximate surface area is 68.6 Å². The zero-order valence-corrected chi connectivity index (χ0v) is 5.91. The molecule has 2 nitrogen and oxygen atoms in total. The average Bonchev–Trinajstić information content (AvgIpc) is 2.06. The minimum Gasteiger partial charge on any atom is -0.427 e. The van der Waals surface area contributed by atoms with Crippen LogP contribution in [0.25, 0.3) is 0 Å². The summed E-state index contributed by atoms with van der Waals surface area (Å²) in [7, 11) is -1.04. The van der Waals surface area contributed by atoms with Gasteiger partial charge in [-0.2, -0.15) is 0 Å². The first-order chi connectivity index (χ1) is 2.80. The van der Waals surface area contributed by atoms with E-state index in [0.29, 0.717) is 0 Å². The lowest BCUT2D eigenvalue weighted by Crippen LogP contribution is -2.09. The SMILES string of the molecule is C.Cl.Cl.OB(O)C1CC1. The zero-order valence-electron chi connectivity index (χ0n) is 4.28. The molecule has 0 radical (unpaired) electrons. The molecular formula is C4H13BCl2O2. The molecule has 0 aromatic heterocycles. The van der Waals surface area contributed by atoms with Gasteiger partial charge in [0, 0.05) is 0 Å². The molecule has 1 fully saturated rings. The van der Waals surface area contributed by atoms with Crippen molar-refractivity contribution in [3.63, 3.8) is 0 Å². The Morgan fingerprint density at radius 3 is 1.44 bits per heavy atom. The van der Waals surface area contributed by atoms with E-state index in [1.54, 1.807) is 0 Å². The Hall–Kier alpha value is 0.565. The number of halogens is 2. The first kappa shape index (κ1) is 16.3. The van der Waals surface area contributed by atoms with Gasteiger partial charge in [0.25, 0.3) is 0 Å². The third-order valence-electron chi connectivity index (χ3n) is 1.04. The number of rotatable bonds is 1. The van der Waals surface area contributed by atoms with E-state index in [1.807, 2.05) is 0 Å². The number of hydrogen-bond donors (Lipinski definition) is 2. The largest absolute Gasteiger partial charge is 0.454 e. The van der Waals surface area contributed by atoms with Crippen molar-refractivity contribution in [3.8, 4) is 0 Å². The molecule has 0 unspecified atom stereocenters. The van der Waals surface area contributed by atoms with E-state index in [-0.39, 0.29) is 38.1 Å². The highest BCUT2D eigenvalue weighted by molar-refractivity contribution is 6.44. The lowest BCUT2D eigenvalue weighted by Gasteiger charge is -1.84. The Kier molecular flexibility index (Phi) is 12.1. The van der Waals surface area contributed by atoms with Crippen LogP contribution in [-0.4, -0.2) is 17.2 Å². The van der Waals surface area contributed by atoms with Crippen LogP contribution in [0.5, 0.6) is 0 Å². The van der Waals surface area contributed by atoms with Gasteiger partial charge in [-0.3, -0.25) is 0 Å². The highest BCUT2D eigenvalue weighted by Crippen LogP contribution is 2.36. The van der Waals surface area contributed by atoms with E-state index < -0.39 is 7.12 Å². The van der Waals surface area contributed by atoms with Crippen molar-refractivity contribution in [1.29, 1.82) is 0 Å². The fraction of sp³-hybridized carbons (Fsp3) is 1.00. The maximum Gasteiger partial charge on any atom is 0.454 e. The molecule has 1 aliphatic carbocycles. The Bertz CT molecular complexity index is 58.5. The van der Waals surface area contributed by atoms with Crippen molar-refractivity contribution in [3.05, 3.63) is 0 Å². The zero-order chi connectivity index (χ0) is 4.57. The summed E-state index contributed by atoms with van der Waals surface area (Å²) in [6, 6.07) is 0.